The van der Waals surface area contributed by atoms with Crippen molar-refractivity contribution in [2.75, 3.05) is 6.54 Å². The Kier molecular flexibility index (Phi) is 5.77. The van der Waals surface area contributed by atoms with Gasteiger partial charge in [-0.2, -0.15) is 0 Å². The van der Waals surface area contributed by atoms with Gasteiger partial charge in [-0.3, -0.25) is 4.79 Å². The molecule has 6 heteroatoms. The number of hydrogen-bond donors (Lipinski definition) is 2. The molecule has 0 aliphatic heterocycles. The predicted molar refractivity (Wildman–Crippen MR) is 43.5 cm³/mol. The lowest BCUT2D eigenvalue weighted by atomic mass is 10.1. The zero-order valence-corrected chi connectivity index (χ0v) is 6.68. The summed E-state index contributed by atoms with van der Waals surface area (Å²) < 4.78 is 0. The summed E-state index contributed by atoms with van der Waals surface area (Å²) in [5.74, 6) is -1.08. The van der Waals surface area contributed by atoms with Gasteiger partial charge < -0.3 is 10.8 Å². The number of carboxylic acids is 1. The van der Waals surface area contributed by atoms with Crippen molar-refractivity contribution in [2.24, 2.45) is 10.8 Å². The molecule has 0 bridgehead atoms. The molecule has 0 spiro atoms. The molecule has 0 saturated carbocycles. The predicted octanol–water partition coefficient (Wildman–Crippen LogP) is 0.879. The second-order valence-corrected chi connectivity index (χ2v) is 2.34. The van der Waals surface area contributed by atoms with Crippen LogP contribution in [0.25, 0.3) is 10.4 Å². The van der Waals surface area contributed by atoms with Crippen molar-refractivity contribution in [2.45, 2.75) is 25.3 Å². The van der Waals surface area contributed by atoms with Crippen LogP contribution in [0.3, 0.4) is 0 Å². The van der Waals surface area contributed by atoms with Crippen molar-refractivity contribution in [1.29, 1.82) is 0 Å². The Morgan fingerprint density at radius 3 is 2.75 bits per heavy atom. The molecule has 0 fully saturated rings. The minimum absolute atomic E-state index is 0.358. The fourth-order valence-electron chi connectivity index (χ4n) is 0.775. The Labute approximate surface area is 70.0 Å². The quantitative estimate of drug-likeness (QED) is 0.268. The van der Waals surface area contributed by atoms with Crippen LogP contribution in [0.5, 0.6) is 0 Å². The number of carbonyl (C=O) groups is 1. The van der Waals surface area contributed by atoms with Gasteiger partial charge in [0.1, 0.15) is 6.04 Å². The molecule has 0 aliphatic carbocycles. The van der Waals surface area contributed by atoms with Crippen LogP contribution < -0.4 is 5.73 Å². The molecule has 0 saturated heterocycles. The molecule has 3 N–H and O–H groups in total. The summed E-state index contributed by atoms with van der Waals surface area (Å²) in [6, 6.07) is -0.943. The van der Waals surface area contributed by atoms with Gasteiger partial charge in [-0.05, 0) is 24.9 Å². The van der Waals surface area contributed by atoms with Gasteiger partial charge in [-0.15, -0.1) is 0 Å². The van der Waals surface area contributed by atoms with Crippen molar-refractivity contribution in [1.82, 2.24) is 0 Å². The van der Waals surface area contributed by atoms with Crippen LogP contribution in [0.1, 0.15) is 19.3 Å². The fourth-order valence-corrected chi connectivity index (χ4v) is 0.775. The van der Waals surface area contributed by atoms with Crippen LogP contribution in [0.2, 0.25) is 0 Å². The normalized spacial score (nSPS) is 11.8. The molecule has 68 valence electrons. The molecule has 0 aliphatic rings. The van der Waals surface area contributed by atoms with Crippen molar-refractivity contribution in [3.8, 4) is 0 Å². The van der Waals surface area contributed by atoms with Crippen LogP contribution in [-0.2, 0) is 4.79 Å². The Hall–Kier alpha value is -1.26. The van der Waals surface area contributed by atoms with Gasteiger partial charge in [0.05, 0.1) is 0 Å². The molecule has 0 aromatic rings. The molecule has 0 aromatic carbocycles. The lowest BCUT2D eigenvalue weighted by molar-refractivity contribution is -0.138. The zero-order valence-electron chi connectivity index (χ0n) is 6.68. The average molecular weight is 172 g/mol. The number of nitrogens with zero attached hydrogens (tertiary/aromatic N) is 3. The number of azide groups is 1. The third kappa shape index (κ3) is 4.54. The molecule has 12 heavy (non-hydrogen) atoms. The largest absolute Gasteiger partial charge is 0.481 e. The molecule has 0 aromatic heterocycles. The van der Waals surface area contributed by atoms with Crippen molar-refractivity contribution in [3.63, 3.8) is 0 Å². The third-order valence-electron chi connectivity index (χ3n) is 1.41. The molecule has 6 nitrogen and oxygen atoms in total. The first-order valence-corrected chi connectivity index (χ1v) is 3.69. The summed E-state index contributed by atoms with van der Waals surface area (Å²) in [5.41, 5.74) is 13.2. The van der Waals surface area contributed by atoms with Gasteiger partial charge in [-0.25, -0.2) is 0 Å². The monoisotopic (exact) mass is 172 g/mol. The first-order chi connectivity index (χ1) is 5.72. The maximum absolute atomic E-state index is 10.4. The summed E-state index contributed by atoms with van der Waals surface area (Å²) in [6.45, 7) is 0.530. The van der Waals surface area contributed by atoms with E-state index in [1.165, 1.54) is 0 Å². The highest BCUT2D eigenvalue weighted by molar-refractivity contribution is 5.73. The summed E-state index contributed by atoms with van der Waals surface area (Å²) in [5, 5.41) is 11.6. The van der Waals surface area contributed by atoms with Gasteiger partial charge in [0.15, 0.2) is 0 Å². The van der Waals surface area contributed by atoms with Gasteiger partial charge in [-0.1, -0.05) is 11.5 Å². The van der Waals surface area contributed by atoms with Crippen LogP contribution in [-0.4, -0.2) is 23.7 Å². The Balaban J connectivity index is 3.79. The van der Waals surface area contributed by atoms with Crippen molar-refractivity contribution < 1.29 is 9.90 Å². The molecule has 0 unspecified atom stereocenters. The van der Waals surface area contributed by atoms with Crippen molar-refractivity contribution >= 4 is 5.97 Å². The molecule has 0 amide bonds. The Morgan fingerprint density at radius 2 is 2.33 bits per heavy atom. The third-order valence-corrected chi connectivity index (χ3v) is 1.41. The molecular formula is C6H12N4O2. The summed E-state index contributed by atoms with van der Waals surface area (Å²) in [4.78, 5) is 12.8. The first kappa shape index (κ1) is 10.7. The lowest BCUT2D eigenvalue weighted by Gasteiger charge is -2.03. The Morgan fingerprint density at radius 1 is 1.67 bits per heavy atom. The molecule has 1 atom stereocenters. The SMILES string of the molecule is [N-]=[N+]=N[C@H](CCCCN)C(=O)O. The average Bonchev–Trinajstić information content (AvgIpc) is 2.03. The number of rotatable bonds is 6. The van der Waals surface area contributed by atoms with Gasteiger partial charge >= 0.3 is 5.97 Å². The molecule has 0 rings (SSSR count). The highest BCUT2D eigenvalue weighted by Gasteiger charge is 2.13. The summed E-state index contributed by atoms with van der Waals surface area (Å²) >= 11 is 0. The van der Waals surface area contributed by atoms with E-state index in [4.69, 9.17) is 16.4 Å². The van der Waals surface area contributed by atoms with E-state index in [1.54, 1.807) is 0 Å². The molecule has 0 radical (unpaired) electrons. The van der Waals surface area contributed by atoms with E-state index in [0.29, 0.717) is 19.4 Å². The smallest absolute Gasteiger partial charge is 0.312 e. The van der Waals surface area contributed by atoms with Crippen LogP contribution in [0.15, 0.2) is 5.11 Å². The number of hydrogen-bond acceptors (Lipinski definition) is 3. The highest BCUT2D eigenvalue weighted by Crippen LogP contribution is 2.04. The van der Waals surface area contributed by atoms with E-state index in [9.17, 15) is 4.79 Å². The standard InChI is InChI=1S/C6H12N4O2/c7-4-2-1-3-5(6(11)12)9-10-8/h5H,1-4,7H2,(H,11,12)/t5-/m1/s1. The van der Waals surface area contributed by atoms with Crippen LogP contribution in [0.4, 0.5) is 0 Å². The van der Waals surface area contributed by atoms with Crippen LogP contribution in [0, 0.1) is 0 Å². The van der Waals surface area contributed by atoms with E-state index in [1.807, 2.05) is 0 Å². The van der Waals surface area contributed by atoms with Gasteiger partial charge in [0, 0.05) is 4.91 Å². The van der Waals surface area contributed by atoms with E-state index < -0.39 is 12.0 Å². The first-order valence-electron chi connectivity index (χ1n) is 3.69. The molecule has 0 heterocycles. The number of aliphatic carboxylic acids is 1. The van der Waals surface area contributed by atoms with Gasteiger partial charge in [0.25, 0.3) is 0 Å². The van der Waals surface area contributed by atoms with Crippen LogP contribution >= 0.6 is 0 Å². The summed E-state index contributed by atoms with van der Waals surface area (Å²) in [6.07, 6.45) is 1.79. The zero-order chi connectivity index (χ0) is 9.40. The minimum Gasteiger partial charge on any atom is -0.481 e. The fraction of sp³-hybridized carbons (Fsp3) is 0.833. The molecular weight excluding hydrogens is 160 g/mol. The summed E-state index contributed by atoms with van der Waals surface area (Å²) in [7, 11) is 0. The highest BCUT2D eigenvalue weighted by atomic mass is 16.4. The number of nitrogens with two attached hydrogens (primary N) is 1. The Bertz CT molecular complexity index is 186. The topological polar surface area (TPSA) is 112 Å². The maximum Gasteiger partial charge on any atom is 0.312 e. The van der Waals surface area contributed by atoms with E-state index in [2.05, 4.69) is 10.0 Å². The van der Waals surface area contributed by atoms with E-state index in [-0.39, 0.29) is 0 Å². The minimum atomic E-state index is -1.08. The maximum atomic E-state index is 10.4. The number of carboxylic acid groups (broad SMARTS) is 1. The van der Waals surface area contributed by atoms with E-state index >= 15 is 0 Å². The number of unbranched alkanes of at least 4 members (excludes halogenated alkanes) is 1. The second kappa shape index (κ2) is 6.45. The lowest BCUT2D eigenvalue weighted by Crippen LogP contribution is -2.17. The van der Waals surface area contributed by atoms with Crippen molar-refractivity contribution in [3.05, 3.63) is 10.4 Å². The second-order valence-electron chi connectivity index (χ2n) is 2.34. The van der Waals surface area contributed by atoms with E-state index in [0.717, 1.165) is 6.42 Å². The van der Waals surface area contributed by atoms with Gasteiger partial charge in [0.2, 0.25) is 0 Å².